The van der Waals surface area contributed by atoms with E-state index in [0.717, 1.165) is 4.47 Å². The summed E-state index contributed by atoms with van der Waals surface area (Å²) in [5, 5.41) is 9.03. The number of rotatable bonds is 2. The molecule has 2 aromatic rings. The molecule has 1 heterocycles. The molecule has 1 aromatic heterocycles. The molecule has 3 N–H and O–H groups in total. The minimum Gasteiger partial charge on any atom is -0.476 e. The van der Waals surface area contributed by atoms with Crippen LogP contribution in [0.15, 0.2) is 28.7 Å². The molecule has 0 bridgehead atoms. The van der Waals surface area contributed by atoms with Crippen LogP contribution in [0.2, 0.25) is 10.0 Å². The Labute approximate surface area is 127 Å². The van der Waals surface area contributed by atoms with Gasteiger partial charge in [0, 0.05) is 10.0 Å². The molecule has 0 spiro atoms. The Morgan fingerprint density at radius 2 is 1.79 bits per heavy atom. The van der Waals surface area contributed by atoms with Crippen molar-refractivity contribution in [2.75, 3.05) is 5.73 Å². The molecule has 98 valence electrons. The monoisotopic (exact) mass is 360 g/mol. The van der Waals surface area contributed by atoms with Crippen LogP contribution in [0.25, 0.3) is 11.3 Å². The van der Waals surface area contributed by atoms with E-state index in [0.29, 0.717) is 5.56 Å². The van der Waals surface area contributed by atoms with Crippen LogP contribution in [0.1, 0.15) is 10.5 Å². The first-order valence-corrected chi connectivity index (χ1v) is 6.60. The molecule has 0 saturated heterocycles. The minimum atomic E-state index is -1.26. The molecular weight excluding hydrogens is 355 g/mol. The first kappa shape index (κ1) is 14.1. The Morgan fingerprint density at radius 3 is 2.32 bits per heavy atom. The van der Waals surface area contributed by atoms with Crippen molar-refractivity contribution < 1.29 is 9.90 Å². The van der Waals surface area contributed by atoms with Crippen LogP contribution in [0.4, 0.5) is 5.69 Å². The van der Waals surface area contributed by atoms with E-state index in [4.69, 9.17) is 34.0 Å². The number of carbonyl (C=O) groups is 1. The third-order valence-corrected chi connectivity index (χ3v) is 3.73. The molecule has 4 nitrogen and oxygen atoms in total. The molecule has 0 aliphatic rings. The number of nitrogens with zero attached hydrogens (tertiary/aromatic N) is 1. The number of nitrogens with two attached hydrogens (primary N) is 1. The highest BCUT2D eigenvalue weighted by Crippen LogP contribution is 2.37. The van der Waals surface area contributed by atoms with Crippen LogP contribution in [-0.4, -0.2) is 16.1 Å². The van der Waals surface area contributed by atoms with Gasteiger partial charge < -0.3 is 10.8 Å². The fourth-order valence-corrected chi connectivity index (χ4v) is 2.28. The maximum Gasteiger partial charge on any atom is 0.356 e. The highest BCUT2D eigenvalue weighted by atomic mass is 79.9. The summed E-state index contributed by atoms with van der Waals surface area (Å²) in [6, 6.07) is 7.08. The number of pyridine rings is 1. The maximum atomic E-state index is 11.1. The molecule has 2 rings (SSSR count). The fourth-order valence-electron chi connectivity index (χ4n) is 1.50. The largest absolute Gasteiger partial charge is 0.476 e. The van der Waals surface area contributed by atoms with Crippen LogP contribution < -0.4 is 5.73 Å². The van der Waals surface area contributed by atoms with E-state index >= 15 is 0 Å². The van der Waals surface area contributed by atoms with E-state index in [-0.39, 0.29) is 27.1 Å². The number of aromatic carboxylic acids is 1. The number of anilines is 1. The number of benzene rings is 1. The van der Waals surface area contributed by atoms with Gasteiger partial charge in [0.05, 0.1) is 21.4 Å². The molecule has 0 atom stereocenters. The Bertz CT molecular complexity index is 660. The van der Waals surface area contributed by atoms with E-state index in [2.05, 4.69) is 20.9 Å². The van der Waals surface area contributed by atoms with Gasteiger partial charge in [-0.05, 0) is 12.1 Å². The van der Waals surface area contributed by atoms with Crippen molar-refractivity contribution in [1.82, 2.24) is 4.98 Å². The summed E-state index contributed by atoms with van der Waals surface area (Å²) < 4.78 is 0.882. The number of nitrogen functional groups attached to an aromatic ring is 1. The second-order valence-electron chi connectivity index (χ2n) is 3.66. The highest BCUT2D eigenvalue weighted by molar-refractivity contribution is 9.10. The molecule has 1 aromatic carbocycles. The zero-order valence-corrected chi connectivity index (χ0v) is 12.4. The summed E-state index contributed by atoms with van der Waals surface area (Å²) in [6.45, 7) is 0. The van der Waals surface area contributed by atoms with Gasteiger partial charge in [-0.3, -0.25) is 0 Å². The lowest BCUT2D eigenvalue weighted by atomic mass is 10.1. The SMILES string of the molecule is Nc1c(Cl)c(C(=O)O)nc(-c2ccc(Br)cc2)c1Cl. The normalized spacial score (nSPS) is 10.5. The molecule has 19 heavy (non-hydrogen) atoms. The second-order valence-corrected chi connectivity index (χ2v) is 5.33. The smallest absolute Gasteiger partial charge is 0.356 e. The lowest BCUT2D eigenvalue weighted by Gasteiger charge is -2.10. The standard InChI is InChI=1S/C12H7BrCl2N2O2/c13-6-3-1-5(2-4-6)10-7(14)9(16)8(15)11(17-10)12(18)19/h1-4H,(H2,16,17)(H,18,19). The van der Waals surface area contributed by atoms with Crippen LogP contribution in [0.3, 0.4) is 0 Å². The lowest BCUT2D eigenvalue weighted by molar-refractivity contribution is 0.0691. The van der Waals surface area contributed by atoms with E-state index in [9.17, 15) is 4.79 Å². The van der Waals surface area contributed by atoms with E-state index in [1.165, 1.54) is 0 Å². The Kier molecular flexibility index (Phi) is 3.99. The van der Waals surface area contributed by atoms with Gasteiger partial charge in [-0.1, -0.05) is 51.3 Å². The van der Waals surface area contributed by atoms with E-state index < -0.39 is 5.97 Å². The molecule has 0 saturated carbocycles. The van der Waals surface area contributed by atoms with Crippen molar-refractivity contribution >= 4 is 50.8 Å². The molecule has 0 fully saturated rings. The summed E-state index contributed by atoms with van der Waals surface area (Å²) in [5.74, 6) is -1.26. The minimum absolute atomic E-state index is 0.00801. The first-order chi connectivity index (χ1) is 8.91. The van der Waals surface area contributed by atoms with Crippen molar-refractivity contribution in [1.29, 1.82) is 0 Å². The maximum absolute atomic E-state index is 11.1. The van der Waals surface area contributed by atoms with Crippen molar-refractivity contribution in [3.8, 4) is 11.3 Å². The number of hydrogen-bond acceptors (Lipinski definition) is 3. The molecular formula is C12H7BrCl2N2O2. The Morgan fingerprint density at radius 1 is 1.21 bits per heavy atom. The Hall–Kier alpha value is -1.30. The summed E-state index contributed by atoms with van der Waals surface area (Å²) in [4.78, 5) is 15.0. The predicted octanol–water partition coefficient (Wildman–Crippen LogP) is 4.10. The zero-order valence-electron chi connectivity index (χ0n) is 9.32. The number of hydrogen-bond donors (Lipinski definition) is 2. The van der Waals surface area contributed by atoms with E-state index in [1.807, 2.05) is 0 Å². The summed E-state index contributed by atoms with van der Waals surface area (Å²) in [6.07, 6.45) is 0. The summed E-state index contributed by atoms with van der Waals surface area (Å²) in [7, 11) is 0. The summed E-state index contributed by atoms with van der Waals surface area (Å²) in [5.41, 5.74) is 6.34. The fraction of sp³-hybridized carbons (Fsp3) is 0. The summed E-state index contributed by atoms with van der Waals surface area (Å²) >= 11 is 15.2. The van der Waals surface area contributed by atoms with Gasteiger partial charge in [0.25, 0.3) is 0 Å². The highest BCUT2D eigenvalue weighted by Gasteiger charge is 2.20. The van der Waals surface area contributed by atoms with Gasteiger partial charge in [-0.2, -0.15) is 0 Å². The van der Waals surface area contributed by atoms with Crippen molar-refractivity contribution in [3.63, 3.8) is 0 Å². The molecule has 0 aliphatic heterocycles. The molecule has 0 unspecified atom stereocenters. The lowest BCUT2D eigenvalue weighted by Crippen LogP contribution is -2.06. The molecule has 7 heteroatoms. The van der Waals surface area contributed by atoms with Crippen molar-refractivity contribution in [3.05, 3.63) is 44.5 Å². The van der Waals surface area contributed by atoms with Gasteiger partial charge in [0.2, 0.25) is 0 Å². The van der Waals surface area contributed by atoms with Gasteiger partial charge >= 0.3 is 5.97 Å². The Balaban J connectivity index is 2.70. The van der Waals surface area contributed by atoms with Crippen molar-refractivity contribution in [2.24, 2.45) is 0 Å². The number of halogens is 3. The van der Waals surface area contributed by atoms with Crippen LogP contribution >= 0.6 is 39.1 Å². The number of aromatic nitrogens is 1. The third-order valence-electron chi connectivity index (χ3n) is 2.43. The third kappa shape index (κ3) is 2.68. The topological polar surface area (TPSA) is 76.2 Å². The van der Waals surface area contributed by atoms with Crippen molar-refractivity contribution in [2.45, 2.75) is 0 Å². The average Bonchev–Trinajstić information content (AvgIpc) is 2.37. The molecule has 0 aliphatic carbocycles. The predicted molar refractivity (Wildman–Crippen MR) is 78.8 cm³/mol. The molecule has 0 radical (unpaired) electrons. The average molecular weight is 362 g/mol. The number of carboxylic acid groups (broad SMARTS) is 1. The van der Waals surface area contributed by atoms with Gasteiger partial charge in [-0.25, -0.2) is 9.78 Å². The second kappa shape index (κ2) is 5.36. The van der Waals surface area contributed by atoms with E-state index in [1.54, 1.807) is 24.3 Å². The first-order valence-electron chi connectivity index (χ1n) is 5.05. The zero-order chi connectivity index (χ0) is 14.2. The van der Waals surface area contributed by atoms with Gasteiger partial charge in [0.1, 0.15) is 0 Å². The van der Waals surface area contributed by atoms with Gasteiger partial charge in [0.15, 0.2) is 5.69 Å². The molecule has 0 amide bonds. The van der Waals surface area contributed by atoms with Gasteiger partial charge in [-0.15, -0.1) is 0 Å². The number of carboxylic acids is 1. The van der Waals surface area contributed by atoms with Crippen LogP contribution in [0.5, 0.6) is 0 Å². The quantitative estimate of drug-likeness (QED) is 0.844. The van der Waals surface area contributed by atoms with Crippen LogP contribution in [0, 0.1) is 0 Å². The van der Waals surface area contributed by atoms with Crippen LogP contribution in [-0.2, 0) is 0 Å².